The summed E-state index contributed by atoms with van der Waals surface area (Å²) in [6.07, 6.45) is 15.2. The fourth-order valence-corrected chi connectivity index (χ4v) is 2.96. The van der Waals surface area contributed by atoms with Gasteiger partial charge >= 0.3 is 0 Å². The van der Waals surface area contributed by atoms with Gasteiger partial charge in [0.15, 0.2) is 0 Å². The predicted octanol–water partition coefficient (Wildman–Crippen LogP) is 5.44. The van der Waals surface area contributed by atoms with E-state index in [-0.39, 0.29) is 0 Å². The zero-order valence-corrected chi connectivity index (χ0v) is 14.3. The Labute approximate surface area is 131 Å². The molecule has 0 fully saturated rings. The van der Waals surface area contributed by atoms with Gasteiger partial charge in [-0.05, 0) is 31.5 Å². The third kappa shape index (κ3) is 7.08. The molecule has 0 aliphatic heterocycles. The maximum atomic E-state index is 4.61. The normalized spacial score (nSPS) is 12.5. The zero-order chi connectivity index (χ0) is 15.3. The highest BCUT2D eigenvalue weighted by molar-refractivity contribution is 5.22. The highest BCUT2D eigenvalue weighted by atomic mass is 14.9. The van der Waals surface area contributed by atoms with Gasteiger partial charge in [-0.25, -0.2) is 0 Å². The van der Waals surface area contributed by atoms with Crippen LogP contribution in [0.4, 0.5) is 0 Å². The average Bonchev–Trinajstić information content (AvgIpc) is 2.53. The third-order valence-corrected chi connectivity index (χ3v) is 4.33. The lowest BCUT2D eigenvalue weighted by Gasteiger charge is -2.18. The summed E-state index contributed by atoms with van der Waals surface area (Å²) < 4.78 is 0. The maximum Gasteiger partial charge on any atom is 0.0604 e. The average molecular weight is 290 g/mol. The molecule has 0 amide bonds. The summed E-state index contributed by atoms with van der Waals surface area (Å²) in [5.74, 6) is 0. The highest BCUT2D eigenvalue weighted by Gasteiger charge is 2.13. The molecule has 1 heterocycles. The summed E-state index contributed by atoms with van der Waals surface area (Å²) in [6.45, 7) is 4.49. The SMILES string of the molecule is CCCCCCCCCCC(NC)c1ncccc1CC. The standard InChI is InChI=1S/C19H34N2/c1-4-6-7-8-9-10-11-12-15-18(20-3)19-17(5-2)14-13-16-21-19/h13-14,16,18,20H,4-12,15H2,1-3H3. The minimum atomic E-state index is 0.418. The minimum Gasteiger partial charge on any atom is -0.312 e. The fourth-order valence-electron chi connectivity index (χ4n) is 2.96. The smallest absolute Gasteiger partial charge is 0.0604 e. The quantitative estimate of drug-likeness (QED) is 0.519. The van der Waals surface area contributed by atoms with Crippen LogP contribution in [0.3, 0.4) is 0 Å². The van der Waals surface area contributed by atoms with Crippen LogP contribution in [-0.4, -0.2) is 12.0 Å². The van der Waals surface area contributed by atoms with Crippen LogP contribution in [0.15, 0.2) is 18.3 Å². The van der Waals surface area contributed by atoms with Gasteiger partial charge in [0.25, 0.3) is 0 Å². The van der Waals surface area contributed by atoms with Crippen molar-refractivity contribution in [1.29, 1.82) is 0 Å². The minimum absolute atomic E-state index is 0.418. The molecule has 0 aliphatic rings. The molecule has 1 aromatic rings. The van der Waals surface area contributed by atoms with Crippen molar-refractivity contribution in [3.8, 4) is 0 Å². The van der Waals surface area contributed by atoms with Crippen molar-refractivity contribution in [3.05, 3.63) is 29.6 Å². The number of nitrogens with zero attached hydrogens (tertiary/aromatic N) is 1. The molecule has 0 saturated carbocycles. The second-order valence-electron chi connectivity index (χ2n) is 6.01. The first-order chi connectivity index (χ1) is 10.3. The van der Waals surface area contributed by atoms with Crippen molar-refractivity contribution < 1.29 is 0 Å². The Bertz CT molecular complexity index is 362. The third-order valence-electron chi connectivity index (χ3n) is 4.33. The van der Waals surface area contributed by atoms with E-state index in [1.54, 1.807) is 0 Å². The molecule has 21 heavy (non-hydrogen) atoms. The number of unbranched alkanes of at least 4 members (excludes halogenated alkanes) is 7. The van der Waals surface area contributed by atoms with Crippen LogP contribution in [0.5, 0.6) is 0 Å². The molecule has 2 heteroatoms. The lowest BCUT2D eigenvalue weighted by atomic mass is 9.99. The van der Waals surface area contributed by atoms with E-state index >= 15 is 0 Å². The molecular formula is C19H34N2. The Hall–Kier alpha value is -0.890. The topological polar surface area (TPSA) is 24.9 Å². The van der Waals surface area contributed by atoms with Crippen LogP contribution in [-0.2, 0) is 6.42 Å². The van der Waals surface area contributed by atoms with Gasteiger partial charge in [0.05, 0.1) is 5.69 Å². The lowest BCUT2D eigenvalue weighted by molar-refractivity contribution is 0.484. The molecule has 1 N–H and O–H groups in total. The molecule has 1 aromatic heterocycles. The molecule has 1 unspecified atom stereocenters. The number of pyridine rings is 1. The molecule has 0 bridgehead atoms. The maximum absolute atomic E-state index is 4.61. The Balaban J connectivity index is 2.25. The zero-order valence-electron chi connectivity index (χ0n) is 14.3. The number of hydrogen-bond donors (Lipinski definition) is 1. The highest BCUT2D eigenvalue weighted by Crippen LogP contribution is 2.22. The van der Waals surface area contributed by atoms with Gasteiger partial charge in [0, 0.05) is 12.2 Å². The predicted molar refractivity (Wildman–Crippen MR) is 92.6 cm³/mol. The number of rotatable bonds is 12. The van der Waals surface area contributed by atoms with E-state index < -0.39 is 0 Å². The van der Waals surface area contributed by atoms with Gasteiger partial charge in [-0.2, -0.15) is 0 Å². The van der Waals surface area contributed by atoms with E-state index in [0.717, 1.165) is 6.42 Å². The summed E-state index contributed by atoms with van der Waals surface area (Å²) in [5.41, 5.74) is 2.64. The number of aryl methyl sites for hydroxylation is 1. The summed E-state index contributed by atoms with van der Waals surface area (Å²) in [4.78, 5) is 4.61. The van der Waals surface area contributed by atoms with Crippen molar-refractivity contribution in [1.82, 2.24) is 10.3 Å². The first kappa shape index (κ1) is 18.2. The fraction of sp³-hybridized carbons (Fsp3) is 0.737. The molecule has 0 radical (unpaired) electrons. The van der Waals surface area contributed by atoms with E-state index in [1.165, 1.54) is 69.0 Å². The molecule has 2 nitrogen and oxygen atoms in total. The molecule has 0 saturated heterocycles. The van der Waals surface area contributed by atoms with E-state index in [4.69, 9.17) is 0 Å². The van der Waals surface area contributed by atoms with Crippen LogP contribution in [0.25, 0.3) is 0 Å². The summed E-state index contributed by atoms with van der Waals surface area (Å²) >= 11 is 0. The van der Waals surface area contributed by atoms with Gasteiger partial charge < -0.3 is 5.32 Å². The van der Waals surface area contributed by atoms with Crippen molar-refractivity contribution >= 4 is 0 Å². The van der Waals surface area contributed by atoms with Gasteiger partial charge in [-0.3, -0.25) is 4.98 Å². The van der Waals surface area contributed by atoms with Crippen LogP contribution < -0.4 is 5.32 Å². The Kier molecular flexibility index (Phi) is 10.1. The molecule has 1 atom stereocenters. The summed E-state index contributed by atoms with van der Waals surface area (Å²) in [7, 11) is 2.06. The van der Waals surface area contributed by atoms with Crippen LogP contribution in [0.1, 0.15) is 88.9 Å². The Morgan fingerprint density at radius 3 is 2.29 bits per heavy atom. The Morgan fingerprint density at radius 2 is 1.67 bits per heavy atom. The molecule has 0 spiro atoms. The molecule has 120 valence electrons. The lowest BCUT2D eigenvalue weighted by Crippen LogP contribution is -2.19. The monoisotopic (exact) mass is 290 g/mol. The van der Waals surface area contributed by atoms with E-state index in [0.29, 0.717) is 6.04 Å². The number of nitrogens with one attached hydrogen (secondary N) is 1. The van der Waals surface area contributed by atoms with Gasteiger partial charge in [0.1, 0.15) is 0 Å². The van der Waals surface area contributed by atoms with Crippen LogP contribution in [0.2, 0.25) is 0 Å². The van der Waals surface area contributed by atoms with Gasteiger partial charge in [-0.1, -0.05) is 71.3 Å². The number of aromatic nitrogens is 1. The van der Waals surface area contributed by atoms with Crippen LogP contribution >= 0.6 is 0 Å². The van der Waals surface area contributed by atoms with Crippen LogP contribution in [0, 0.1) is 0 Å². The number of hydrogen-bond acceptors (Lipinski definition) is 2. The van der Waals surface area contributed by atoms with E-state index in [9.17, 15) is 0 Å². The van der Waals surface area contributed by atoms with Gasteiger partial charge in [0.2, 0.25) is 0 Å². The van der Waals surface area contributed by atoms with Crippen molar-refractivity contribution in [2.45, 2.75) is 84.1 Å². The second-order valence-corrected chi connectivity index (χ2v) is 6.01. The second kappa shape index (κ2) is 11.7. The van der Waals surface area contributed by atoms with E-state index in [1.807, 2.05) is 12.3 Å². The molecule has 1 rings (SSSR count). The van der Waals surface area contributed by atoms with Crippen molar-refractivity contribution in [2.75, 3.05) is 7.05 Å². The van der Waals surface area contributed by atoms with E-state index in [2.05, 4.69) is 37.3 Å². The first-order valence-corrected chi connectivity index (χ1v) is 8.94. The molecule has 0 aliphatic carbocycles. The Morgan fingerprint density at radius 1 is 1.00 bits per heavy atom. The van der Waals surface area contributed by atoms with Crippen molar-refractivity contribution in [2.24, 2.45) is 0 Å². The first-order valence-electron chi connectivity index (χ1n) is 8.94. The summed E-state index contributed by atoms with van der Waals surface area (Å²) in [6, 6.07) is 4.67. The molecule has 0 aromatic carbocycles. The van der Waals surface area contributed by atoms with Crippen molar-refractivity contribution in [3.63, 3.8) is 0 Å². The largest absolute Gasteiger partial charge is 0.312 e. The molecular weight excluding hydrogens is 256 g/mol. The van der Waals surface area contributed by atoms with Gasteiger partial charge in [-0.15, -0.1) is 0 Å². The summed E-state index contributed by atoms with van der Waals surface area (Å²) in [5, 5.41) is 3.45.